The van der Waals surface area contributed by atoms with E-state index in [9.17, 15) is 16.8 Å². The molecule has 0 fully saturated rings. The number of sulfonamides is 2. The standard InChI is InChI=1S/C13H16N2O4S2/c1-14-20(16,17)12-8-4-7-11-10(12)6-5-9-13(11)21(18,19)15(2)3/h4-9,14H,1-3H3. The van der Waals surface area contributed by atoms with Crippen molar-refractivity contribution in [2.24, 2.45) is 0 Å². The number of nitrogens with zero attached hydrogens (tertiary/aromatic N) is 1. The van der Waals surface area contributed by atoms with Crippen LogP contribution in [0.5, 0.6) is 0 Å². The number of hydrogen-bond donors (Lipinski definition) is 1. The van der Waals surface area contributed by atoms with Gasteiger partial charge in [-0.15, -0.1) is 0 Å². The van der Waals surface area contributed by atoms with Gasteiger partial charge in [0.1, 0.15) is 0 Å². The largest absolute Gasteiger partial charge is 0.243 e. The molecule has 0 aromatic heterocycles. The zero-order valence-electron chi connectivity index (χ0n) is 11.9. The molecule has 0 aliphatic rings. The van der Waals surface area contributed by atoms with E-state index in [2.05, 4.69) is 4.72 Å². The van der Waals surface area contributed by atoms with E-state index in [4.69, 9.17) is 0 Å². The Labute approximate surface area is 124 Å². The lowest BCUT2D eigenvalue weighted by atomic mass is 10.1. The number of nitrogens with one attached hydrogen (secondary N) is 1. The van der Waals surface area contributed by atoms with Crippen molar-refractivity contribution in [1.29, 1.82) is 0 Å². The first-order valence-corrected chi connectivity index (χ1v) is 9.02. The molecule has 0 unspecified atom stereocenters. The highest BCUT2D eigenvalue weighted by atomic mass is 32.2. The molecule has 0 saturated carbocycles. The molecule has 0 aliphatic carbocycles. The van der Waals surface area contributed by atoms with Gasteiger partial charge in [-0.1, -0.05) is 24.3 Å². The van der Waals surface area contributed by atoms with Crippen LogP contribution in [0.1, 0.15) is 0 Å². The van der Waals surface area contributed by atoms with Gasteiger partial charge in [0, 0.05) is 24.9 Å². The van der Waals surface area contributed by atoms with E-state index in [1.54, 1.807) is 12.1 Å². The Morgan fingerprint density at radius 2 is 1.33 bits per heavy atom. The molecule has 0 amide bonds. The lowest BCUT2D eigenvalue weighted by Crippen LogP contribution is -2.23. The van der Waals surface area contributed by atoms with E-state index in [1.807, 2.05) is 0 Å². The second-order valence-electron chi connectivity index (χ2n) is 4.60. The normalized spacial score (nSPS) is 13.0. The van der Waals surface area contributed by atoms with Gasteiger partial charge in [0.25, 0.3) is 0 Å². The fourth-order valence-electron chi connectivity index (χ4n) is 2.02. The maximum atomic E-state index is 12.3. The van der Waals surface area contributed by atoms with Gasteiger partial charge in [-0.05, 0) is 19.2 Å². The first-order chi connectivity index (χ1) is 9.71. The minimum absolute atomic E-state index is 0.0540. The van der Waals surface area contributed by atoms with E-state index in [-0.39, 0.29) is 9.79 Å². The average molecular weight is 328 g/mol. The molecule has 2 aromatic rings. The summed E-state index contributed by atoms with van der Waals surface area (Å²) in [7, 11) is -3.14. The Morgan fingerprint density at radius 1 is 0.857 bits per heavy atom. The molecule has 1 N–H and O–H groups in total. The van der Waals surface area contributed by atoms with Crippen molar-refractivity contribution in [3.63, 3.8) is 0 Å². The fourth-order valence-corrected chi connectivity index (χ4v) is 4.06. The minimum Gasteiger partial charge on any atom is -0.214 e. The minimum atomic E-state index is -3.67. The summed E-state index contributed by atoms with van der Waals surface area (Å²) in [5, 5.41) is 0.748. The van der Waals surface area contributed by atoms with Crippen molar-refractivity contribution in [3.8, 4) is 0 Å². The van der Waals surface area contributed by atoms with Crippen LogP contribution in [0.15, 0.2) is 46.2 Å². The van der Waals surface area contributed by atoms with Gasteiger partial charge in [0.2, 0.25) is 20.0 Å². The highest BCUT2D eigenvalue weighted by Gasteiger charge is 2.22. The van der Waals surface area contributed by atoms with Crippen LogP contribution in [-0.4, -0.2) is 42.3 Å². The van der Waals surface area contributed by atoms with E-state index in [0.29, 0.717) is 10.8 Å². The smallest absolute Gasteiger partial charge is 0.214 e. The van der Waals surface area contributed by atoms with Crippen molar-refractivity contribution >= 4 is 30.8 Å². The predicted molar refractivity (Wildman–Crippen MR) is 81.1 cm³/mol. The van der Waals surface area contributed by atoms with Crippen molar-refractivity contribution in [2.45, 2.75) is 9.79 Å². The van der Waals surface area contributed by atoms with Gasteiger partial charge in [0.05, 0.1) is 9.79 Å². The van der Waals surface area contributed by atoms with E-state index < -0.39 is 20.0 Å². The molecule has 8 heteroatoms. The van der Waals surface area contributed by atoms with Crippen molar-refractivity contribution < 1.29 is 16.8 Å². The SMILES string of the molecule is CNS(=O)(=O)c1cccc2c(S(=O)(=O)N(C)C)cccc12. The molecule has 6 nitrogen and oxygen atoms in total. The number of benzene rings is 2. The third-order valence-electron chi connectivity index (χ3n) is 3.16. The first-order valence-electron chi connectivity index (χ1n) is 6.09. The molecular weight excluding hydrogens is 312 g/mol. The molecule has 0 saturated heterocycles. The maximum absolute atomic E-state index is 12.3. The maximum Gasteiger partial charge on any atom is 0.243 e. The summed E-state index contributed by atoms with van der Waals surface area (Å²) in [4.78, 5) is 0.136. The molecule has 2 rings (SSSR count). The van der Waals surface area contributed by atoms with Crippen LogP contribution >= 0.6 is 0 Å². The van der Waals surface area contributed by atoms with Gasteiger partial charge in [-0.25, -0.2) is 25.9 Å². The zero-order chi connectivity index (χ0) is 15.8. The Kier molecular flexibility index (Phi) is 4.07. The molecule has 0 heterocycles. The van der Waals surface area contributed by atoms with Crippen LogP contribution in [0.2, 0.25) is 0 Å². The molecule has 0 aliphatic heterocycles. The summed E-state index contributed by atoms with van der Waals surface area (Å²) >= 11 is 0. The van der Waals surface area contributed by atoms with Gasteiger partial charge >= 0.3 is 0 Å². The van der Waals surface area contributed by atoms with Crippen LogP contribution < -0.4 is 4.72 Å². The predicted octanol–water partition coefficient (Wildman–Crippen LogP) is 0.998. The molecule has 2 aromatic carbocycles. The quantitative estimate of drug-likeness (QED) is 0.907. The summed E-state index contributed by atoms with van der Waals surface area (Å²) in [6.45, 7) is 0. The van der Waals surface area contributed by atoms with Crippen LogP contribution in [0.3, 0.4) is 0 Å². The summed E-state index contributed by atoms with van der Waals surface area (Å²) in [5.74, 6) is 0. The average Bonchev–Trinajstić information content (AvgIpc) is 2.45. The van der Waals surface area contributed by atoms with Crippen molar-refractivity contribution in [2.75, 3.05) is 21.1 Å². The van der Waals surface area contributed by atoms with Crippen molar-refractivity contribution in [1.82, 2.24) is 9.03 Å². The lowest BCUT2D eigenvalue weighted by Gasteiger charge is -2.14. The van der Waals surface area contributed by atoms with E-state index in [0.717, 1.165) is 4.31 Å². The Hall–Kier alpha value is -1.48. The summed E-state index contributed by atoms with van der Waals surface area (Å²) < 4.78 is 52.1. The van der Waals surface area contributed by atoms with Gasteiger partial charge in [-0.2, -0.15) is 0 Å². The number of fused-ring (bicyclic) bond motifs is 1. The zero-order valence-corrected chi connectivity index (χ0v) is 13.5. The van der Waals surface area contributed by atoms with E-state index in [1.165, 1.54) is 45.4 Å². The Balaban J connectivity index is 2.90. The van der Waals surface area contributed by atoms with Crippen LogP contribution in [0.4, 0.5) is 0 Å². The first kappa shape index (κ1) is 15.9. The van der Waals surface area contributed by atoms with Gasteiger partial charge in [0.15, 0.2) is 0 Å². The fraction of sp³-hybridized carbons (Fsp3) is 0.231. The summed E-state index contributed by atoms with van der Waals surface area (Å²) in [6.07, 6.45) is 0. The Morgan fingerprint density at radius 3 is 1.81 bits per heavy atom. The highest BCUT2D eigenvalue weighted by Crippen LogP contribution is 2.29. The van der Waals surface area contributed by atoms with Gasteiger partial charge < -0.3 is 0 Å². The van der Waals surface area contributed by atoms with Crippen molar-refractivity contribution in [3.05, 3.63) is 36.4 Å². The number of hydrogen-bond acceptors (Lipinski definition) is 4. The molecule has 21 heavy (non-hydrogen) atoms. The molecule has 0 bridgehead atoms. The highest BCUT2D eigenvalue weighted by molar-refractivity contribution is 7.90. The summed E-state index contributed by atoms with van der Waals surface area (Å²) in [5.41, 5.74) is 0. The number of rotatable bonds is 4. The lowest BCUT2D eigenvalue weighted by molar-refractivity contribution is 0.521. The molecule has 114 valence electrons. The topological polar surface area (TPSA) is 83.5 Å². The monoisotopic (exact) mass is 328 g/mol. The third-order valence-corrected chi connectivity index (χ3v) is 6.50. The van der Waals surface area contributed by atoms with E-state index >= 15 is 0 Å². The van der Waals surface area contributed by atoms with Crippen LogP contribution in [0, 0.1) is 0 Å². The van der Waals surface area contributed by atoms with Crippen LogP contribution in [0.25, 0.3) is 10.8 Å². The van der Waals surface area contributed by atoms with Crippen LogP contribution in [-0.2, 0) is 20.0 Å². The summed E-state index contributed by atoms with van der Waals surface area (Å²) in [6, 6.07) is 9.16. The second-order valence-corrected chi connectivity index (χ2v) is 8.58. The van der Waals surface area contributed by atoms with Gasteiger partial charge in [-0.3, -0.25) is 0 Å². The molecule has 0 radical (unpaired) electrons. The Bertz CT molecular complexity index is 888. The third kappa shape index (κ3) is 2.67. The molecular formula is C13H16N2O4S2. The molecule has 0 spiro atoms. The second kappa shape index (κ2) is 5.38. The molecule has 0 atom stereocenters.